The number of amides is 1. The van der Waals surface area contributed by atoms with Gasteiger partial charge in [0.2, 0.25) is 0 Å². The summed E-state index contributed by atoms with van der Waals surface area (Å²) in [6.45, 7) is 3.71. The molecule has 7 nitrogen and oxygen atoms in total. The first-order valence-electron chi connectivity index (χ1n) is 7.89. The number of nitrogens with zero attached hydrogens (tertiary/aromatic N) is 1. The Bertz CT molecular complexity index is 839. The van der Waals surface area contributed by atoms with E-state index in [9.17, 15) is 19.3 Å². The predicted octanol–water partition coefficient (Wildman–Crippen LogP) is 3.38. The highest BCUT2D eigenvalue weighted by Crippen LogP contribution is 2.34. The lowest BCUT2D eigenvalue weighted by molar-refractivity contribution is -0.385. The molecule has 0 spiro atoms. The number of carbonyl (C=O) groups excluding carboxylic acids is 1. The van der Waals surface area contributed by atoms with Gasteiger partial charge < -0.3 is 14.8 Å². The van der Waals surface area contributed by atoms with Gasteiger partial charge in [-0.1, -0.05) is 12.1 Å². The molecule has 0 aliphatic heterocycles. The Hall–Kier alpha value is -3.16. The molecule has 0 aromatic heterocycles. The van der Waals surface area contributed by atoms with Crippen LogP contribution < -0.4 is 14.8 Å². The zero-order valence-corrected chi connectivity index (χ0v) is 14.7. The molecule has 1 amide bonds. The first-order valence-corrected chi connectivity index (χ1v) is 7.89. The average molecular weight is 362 g/mol. The van der Waals surface area contributed by atoms with Gasteiger partial charge in [-0.15, -0.1) is 0 Å². The molecule has 26 heavy (non-hydrogen) atoms. The van der Waals surface area contributed by atoms with Crippen LogP contribution in [0.1, 0.15) is 28.4 Å². The molecule has 0 heterocycles. The van der Waals surface area contributed by atoms with Gasteiger partial charge >= 0.3 is 0 Å². The van der Waals surface area contributed by atoms with E-state index in [0.29, 0.717) is 17.7 Å². The standard InChI is InChI=1S/C18H19FN2O5/c1-4-26-17-8-13(15(21(23)24)9-16(17)25-3)18(22)20-10-12-6-5-11(2)14(19)7-12/h5-9H,4,10H2,1-3H3,(H,20,22). The summed E-state index contributed by atoms with van der Waals surface area (Å²) in [5, 5.41) is 13.9. The van der Waals surface area contributed by atoms with E-state index >= 15 is 0 Å². The molecule has 1 N–H and O–H groups in total. The van der Waals surface area contributed by atoms with Gasteiger partial charge in [0.05, 0.1) is 24.7 Å². The normalized spacial score (nSPS) is 10.3. The monoisotopic (exact) mass is 362 g/mol. The van der Waals surface area contributed by atoms with Gasteiger partial charge in [0.1, 0.15) is 11.4 Å². The molecule has 0 saturated heterocycles. The van der Waals surface area contributed by atoms with Gasteiger partial charge in [0.15, 0.2) is 11.5 Å². The number of nitro benzene ring substituents is 1. The second-order valence-electron chi connectivity index (χ2n) is 5.48. The number of aryl methyl sites for hydroxylation is 1. The van der Waals surface area contributed by atoms with Crippen LogP contribution in [-0.2, 0) is 6.54 Å². The van der Waals surface area contributed by atoms with E-state index in [-0.39, 0.29) is 29.4 Å². The Morgan fingerprint density at radius 1 is 1.27 bits per heavy atom. The van der Waals surface area contributed by atoms with Crippen molar-refractivity contribution in [3.63, 3.8) is 0 Å². The van der Waals surface area contributed by atoms with Gasteiger partial charge in [0, 0.05) is 12.6 Å². The maximum absolute atomic E-state index is 13.6. The van der Waals surface area contributed by atoms with Gasteiger partial charge in [-0.25, -0.2) is 4.39 Å². The highest BCUT2D eigenvalue weighted by molar-refractivity contribution is 5.99. The fourth-order valence-electron chi connectivity index (χ4n) is 2.33. The molecular weight excluding hydrogens is 343 g/mol. The molecule has 0 saturated carbocycles. The number of nitro groups is 1. The Kier molecular flexibility index (Phi) is 6.11. The Balaban J connectivity index is 2.29. The maximum atomic E-state index is 13.6. The van der Waals surface area contributed by atoms with E-state index in [1.54, 1.807) is 26.0 Å². The van der Waals surface area contributed by atoms with E-state index in [1.165, 1.54) is 19.2 Å². The van der Waals surface area contributed by atoms with E-state index in [0.717, 1.165) is 6.07 Å². The first-order chi connectivity index (χ1) is 12.4. The maximum Gasteiger partial charge on any atom is 0.286 e. The molecule has 2 aromatic carbocycles. The van der Waals surface area contributed by atoms with Crippen molar-refractivity contribution in [2.24, 2.45) is 0 Å². The third kappa shape index (κ3) is 4.27. The summed E-state index contributed by atoms with van der Waals surface area (Å²) in [4.78, 5) is 23.1. The van der Waals surface area contributed by atoms with Crippen molar-refractivity contribution < 1.29 is 23.6 Å². The predicted molar refractivity (Wildman–Crippen MR) is 93.1 cm³/mol. The van der Waals surface area contributed by atoms with E-state index < -0.39 is 16.5 Å². The van der Waals surface area contributed by atoms with Crippen LogP contribution in [0.3, 0.4) is 0 Å². The molecule has 0 aliphatic rings. The summed E-state index contributed by atoms with van der Waals surface area (Å²) in [5.74, 6) is -0.657. The smallest absolute Gasteiger partial charge is 0.286 e. The molecule has 8 heteroatoms. The topological polar surface area (TPSA) is 90.7 Å². The van der Waals surface area contributed by atoms with Crippen molar-refractivity contribution >= 4 is 11.6 Å². The molecule has 0 radical (unpaired) electrons. The zero-order valence-electron chi connectivity index (χ0n) is 14.7. The largest absolute Gasteiger partial charge is 0.493 e. The van der Waals surface area contributed by atoms with Gasteiger partial charge in [0.25, 0.3) is 11.6 Å². The Morgan fingerprint density at radius 3 is 2.58 bits per heavy atom. The minimum atomic E-state index is -0.668. The van der Waals surface area contributed by atoms with Crippen LogP contribution in [-0.4, -0.2) is 24.5 Å². The van der Waals surface area contributed by atoms with Crippen molar-refractivity contribution in [3.8, 4) is 11.5 Å². The third-order valence-corrected chi connectivity index (χ3v) is 3.71. The number of carbonyl (C=O) groups is 1. The lowest BCUT2D eigenvalue weighted by Gasteiger charge is -2.12. The Labute approximate surface area is 149 Å². The van der Waals surface area contributed by atoms with Crippen molar-refractivity contribution in [3.05, 3.63) is 63.0 Å². The summed E-state index contributed by atoms with van der Waals surface area (Å²) in [6.07, 6.45) is 0. The van der Waals surface area contributed by atoms with Gasteiger partial charge in [-0.2, -0.15) is 0 Å². The lowest BCUT2D eigenvalue weighted by atomic mass is 10.1. The van der Waals surface area contributed by atoms with Gasteiger partial charge in [-0.05, 0) is 31.0 Å². The second kappa shape index (κ2) is 8.28. The first kappa shape index (κ1) is 19.2. The highest BCUT2D eigenvalue weighted by atomic mass is 19.1. The summed E-state index contributed by atoms with van der Waals surface area (Å²) < 4.78 is 24.0. The number of hydrogen-bond acceptors (Lipinski definition) is 5. The number of hydrogen-bond donors (Lipinski definition) is 1. The summed E-state index contributed by atoms with van der Waals surface area (Å²) >= 11 is 0. The SMILES string of the molecule is CCOc1cc(C(=O)NCc2ccc(C)c(F)c2)c([N+](=O)[O-])cc1OC. The summed E-state index contributed by atoms with van der Waals surface area (Å²) in [7, 11) is 1.35. The molecule has 0 aliphatic carbocycles. The number of benzene rings is 2. The molecule has 0 atom stereocenters. The van der Waals surface area contributed by atoms with Crippen LogP contribution in [0.15, 0.2) is 30.3 Å². The number of rotatable bonds is 7. The molecule has 2 aromatic rings. The van der Waals surface area contributed by atoms with Crippen LogP contribution >= 0.6 is 0 Å². The average Bonchev–Trinajstić information content (AvgIpc) is 2.62. The number of nitrogens with one attached hydrogen (secondary N) is 1. The summed E-state index contributed by atoms with van der Waals surface area (Å²) in [5.41, 5.74) is 0.472. The van der Waals surface area contributed by atoms with Gasteiger partial charge in [-0.3, -0.25) is 14.9 Å². The lowest BCUT2D eigenvalue weighted by Crippen LogP contribution is -2.24. The minimum absolute atomic E-state index is 0.0309. The van der Waals surface area contributed by atoms with Crippen molar-refractivity contribution in [1.82, 2.24) is 5.32 Å². The molecule has 138 valence electrons. The molecule has 0 unspecified atom stereocenters. The van der Waals surface area contributed by atoms with E-state index in [4.69, 9.17) is 9.47 Å². The highest BCUT2D eigenvalue weighted by Gasteiger charge is 2.24. The van der Waals surface area contributed by atoms with Crippen molar-refractivity contribution in [1.29, 1.82) is 0 Å². The van der Waals surface area contributed by atoms with Crippen LogP contribution in [0, 0.1) is 22.9 Å². The quantitative estimate of drug-likeness (QED) is 0.602. The fraction of sp³-hybridized carbons (Fsp3) is 0.278. The zero-order chi connectivity index (χ0) is 19.3. The third-order valence-electron chi connectivity index (χ3n) is 3.71. The minimum Gasteiger partial charge on any atom is -0.493 e. The Morgan fingerprint density at radius 2 is 2.00 bits per heavy atom. The van der Waals surface area contributed by atoms with Crippen LogP contribution in [0.5, 0.6) is 11.5 Å². The van der Waals surface area contributed by atoms with E-state index in [1.807, 2.05) is 0 Å². The molecular formula is C18H19FN2O5. The van der Waals surface area contributed by atoms with E-state index in [2.05, 4.69) is 5.32 Å². The van der Waals surface area contributed by atoms with Crippen molar-refractivity contribution in [2.45, 2.75) is 20.4 Å². The molecule has 0 fully saturated rings. The van der Waals surface area contributed by atoms with Crippen LogP contribution in [0.25, 0.3) is 0 Å². The van der Waals surface area contributed by atoms with Crippen LogP contribution in [0.4, 0.5) is 10.1 Å². The number of ether oxygens (including phenoxy) is 2. The van der Waals surface area contributed by atoms with Crippen molar-refractivity contribution in [2.75, 3.05) is 13.7 Å². The summed E-state index contributed by atoms with van der Waals surface area (Å²) in [6, 6.07) is 6.99. The molecule has 2 rings (SSSR count). The molecule has 0 bridgehead atoms. The fourth-order valence-corrected chi connectivity index (χ4v) is 2.33. The number of halogens is 1. The second-order valence-corrected chi connectivity index (χ2v) is 5.48. The van der Waals surface area contributed by atoms with Crippen LogP contribution in [0.2, 0.25) is 0 Å². The number of methoxy groups -OCH3 is 1.